The molecule has 126 valence electrons. The number of carbonyl (C=O) groups is 1. The van der Waals surface area contributed by atoms with Crippen molar-refractivity contribution in [2.75, 3.05) is 20.6 Å². The fourth-order valence-electron chi connectivity index (χ4n) is 3.24. The molecule has 0 saturated carbocycles. The van der Waals surface area contributed by atoms with Gasteiger partial charge in [0.15, 0.2) is 5.78 Å². The highest BCUT2D eigenvalue weighted by Crippen LogP contribution is 2.39. The average molecular weight is 354 g/mol. The van der Waals surface area contributed by atoms with Crippen molar-refractivity contribution in [3.05, 3.63) is 62.9 Å². The van der Waals surface area contributed by atoms with Gasteiger partial charge in [0.25, 0.3) is 5.56 Å². The van der Waals surface area contributed by atoms with Crippen LogP contribution in [0.15, 0.2) is 41.2 Å². The van der Waals surface area contributed by atoms with E-state index in [-0.39, 0.29) is 11.3 Å². The molecule has 0 radical (unpaired) electrons. The zero-order valence-electron chi connectivity index (χ0n) is 13.9. The van der Waals surface area contributed by atoms with Gasteiger partial charge in [-0.2, -0.15) is 5.10 Å². The maximum atomic E-state index is 12.9. The summed E-state index contributed by atoms with van der Waals surface area (Å²) in [5, 5.41) is 5.97. The summed E-state index contributed by atoms with van der Waals surface area (Å²) in [6.07, 6.45) is 0. The minimum absolute atomic E-state index is 0.161. The summed E-state index contributed by atoms with van der Waals surface area (Å²) in [7, 11) is 3.89. The first-order valence-electron chi connectivity index (χ1n) is 8.01. The molecule has 0 N–H and O–H groups in total. The summed E-state index contributed by atoms with van der Waals surface area (Å²) in [6, 6.07) is 10.6. The van der Waals surface area contributed by atoms with Crippen LogP contribution in [0.2, 0.25) is 5.02 Å². The van der Waals surface area contributed by atoms with Gasteiger partial charge in [0.2, 0.25) is 0 Å². The predicted molar refractivity (Wildman–Crippen MR) is 98.4 cm³/mol. The molecule has 0 atom stereocenters. The number of rotatable bonds is 3. The second-order valence-electron chi connectivity index (χ2n) is 6.40. The largest absolute Gasteiger partial charge is 0.308 e. The van der Waals surface area contributed by atoms with Crippen molar-refractivity contribution in [3.63, 3.8) is 0 Å². The molecule has 1 aliphatic carbocycles. The van der Waals surface area contributed by atoms with E-state index in [0.29, 0.717) is 45.7 Å². The Bertz CT molecular complexity index is 1090. The molecule has 1 aromatic heterocycles. The van der Waals surface area contributed by atoms with Crippen molar-refractivity contribution in [3.8, 4) is 11.3 Å². The third kappa shape index (κ3) is 2.39. The van der Waals surface area contributed by atoms with E-state index in [1.807, 2.05) is 37.2 Å². The fourth-order valence-corrected chi connectivity index (χ4v) is 3.48. The van der Waals surface area contributed by atoms with E-state index < -0.39 is 0 Å². The zero-order chi connectivity index (χ0) is 17.7. The second kappa shape index (κ2) is 5.79. The van der Waals surface area contributed by atoms with Gasteiger partial charge in [-0.05, 0) is 26.2 Å². The van der Waals surface area contributed by atoms with Crippen molar-refractivity contribution in [1.29, 1.82) is 0 Å². The standard InChI is InChI=1S/C19H16ClN3O2/c1-22(2)9-10-23-19(25)13-7-8-14(20)16-15(13)17(21-23)11-5-3-4-6-12(11)18(16)24/h3-8H,9-10H2,1-2H3. The molecule has 4 rings (SSSR count). The Labute approximate surface area is 149 Å². The van der Waals surface area contributed by atoms with Crippen LogP contribution in [0.3, 0.4) is 0 Å². The van der Waals surface area contributed by atoms with Gasteiger partial charge in [-0.25, -0.2) is 4.68 Å². The highest BCUT2D eigenvalue weighted by atomic mass is 35.5. The highest BCUT2D eigenvalue weighted by Gasteiger charge is 2.29. The summed E-state index contributed by atoms with van der Waals surface area (Å²) in [4.78, 5) is 27.7. The molecule has 5 nitrogen and oxygen atoms in total. The number of aromatic nitrogens is 2. The topological polar surface area (TPSA) is 55.2 Å². The van der Waals surface area contributed by atoms with E-state index in [0.717, 1.165) is 5.56 Å². The molecule has 0 fully saturated rings. The molecule has 2 aromatic carbocycles. The van der Waals surface area contributed by atoms with Gasteiger partial charge in [-0.3, -0.25) is 9.59 Å². The molecule has 0 unspecified atom stereocenters. The number of nitrogens with zero attached hydrogens (tertiary/aromatic N) is 3. The third-order valence-corrected chi connectivity index (χ3v) is 4.80. The van der Waals surface area contributed by atoms with Gasteiger partial charge in [-0.15, -0.1) is 0 Å². The van der Waals surface area contributed by atoms with Gasteiger partial charge in [0, 0.05) is 23.1 Å². The fraction of sp³-hybridized carbons (Fsp3) is 0.211. The van der Waals surface area contributed by atoms with Crippen LogP contribution < -0.4 is 5.56 Å². The quantitative estimate of drug-likeness (QED) is 0.568. The van der Waals surface area contributed by atoms with Gasteiger partial charge in [0.1, 0.15) is 5.69 Å². The highest BCUT2D eigenvalue weighted by molar-refractivity contribution is 6.39. The summed E-state index contributed by atoms with van der Waals surface area (Å²) in [5.74, 6) is -0.161. The Balaban J connectivity index is 2.10. The lowest BCUT2D eigenvalue weighted by molar-refractivity contribution is 0.104. The summed E-state index contributed by atoms with van der Waals surface area (Å²) in [5.41, 5.74) is 2.12. The van der Waals surface area contributed by atoms with Crippen LogP contribution in [-0.4, -0.2) is 41.1 Å². The van der Waals surface area contributed by atoms with Crippen molar-refractivity contribution >= 4 is 28.2 Å². The number of hydrogen-bond acceptors (Lipinski definition) is 4. The van der Waals surface area contributed by atoms with E-state index in [2.05, 4.69) is 5.10 Å². The Morgan fingerprint density at radius 2 is 1.80 bits per heavy atom. The Kier molecular flexibility index (Phi) is 3.71. The van der Waals surface area contributed by atoms with Crippen LogP contribution in [-0.2, 0) is 6.54 Å². The van der Waals surface area contributed by atoms with E-state index >= 15 is 0 Å². The smallest absolute Gasteiger partial charge is 0.274 e. The molecule has 1 heterocycles. The van der Waals surface area contributed by atoms with E-state index in [9.17, 15) is 9.59 Å². The van der Waals surface area contributed by atoms with Crippen LogP contribution in [0.4, 0.5) is 0 Å². The SMILES string of the molecule is CN(C)CCn1nc2c3c(c(Cl)ccc3c1=O)C(=O)c1ccccc1-2. The maximum absolute atomic E-state index is 12.9. The lowest BCUT2D eigenvalue weighted by Gasteiger charge is -2.21. The van der Waals surface area contributed by atoms with Gasteiger partial charge >= 0.3 is 0 Å². The lowest BCUT2D eigenvalue weighted by atomic mass is 9.86. The van der Waals surface area contributed by atoms with Crippen LogP contribution >= 0.6 is 11.6 Å². The molecule has 0 spiro atoms. The number of hydrogen-bond donors (Lipinski definition) is 0. The second-order valence-corrected chi connectivity index (χ2v) is 6.81. The van der Waals surface area contributed by atoms with Crippen molar-refractivity contribution < 1.29 is 4.79 Å². The van der Waals surface area contributed by atoms with Gasteiger partial charge < -0.3 is 4.90 Å². The molecule has 0 amide bonds. The number of ketones is 1. The first kappa shape index (κ1) is 16.0. The van der Waals surface area contributed by atoms with E-state index in [4.69, 9.17) is 11.6 Å². The average Bonchev–Trinajstić information content (AvgIpc) is 2.60. The number of halogens is 1. The number of benzene rings is 2. The number of likely N-dealkylation sites (N-methyl/N-ethyl adjacent to an activating group) is 1. The summed E-state index contributed by atoms with van der Waals surface area (Å²) < 4.78 is 1.47. The minimum Gasteiger partial charge on any atom is -0.308 e. The first-order valence-corrected chi connectivity index (χ1v) is 8.39. The molecule has 25 heavy (non-hydrogen) atoms. The normalized spacial score (nSPS) is 12.7. The number of carbonyl (C=O) groups excluding carboxylic acids is 1. The number of fused-ring (bicyclic) bond motifs is 2. The minimum atomic E-state index is -0.203. The summed E-state index contributed by atoms with van der Waals surface area (Å²) in [6.45, 7) is 1.17. The van der Waals surface area contributed by atoms with E-state index in [1.54, 1.807) is 18.2 Å². The Morgan fingerprint density at radius 3 is 2.52 bits per heavy atom. The molecular weight excluding hydrogens is 338 g/mol. The van der Waals surface area contributed by atoms with Crippen LogP contribution in [0, 0.1) is 0 Å². The van der Waals surface area contributed by atoms with Crippen LogP contribution in [0.5, 0.6) is 0 Å². The Morgan fingerprint density at radius 1 is 1.08 bits per heavy atom. The molecule has 0 aliphatic heterocycles. The molecular formula is C19H16ClN3O2. The predicted octanol–water partition coefficient (Wildman–Crippen LogP) is 2.82. The monoisotopic (exact) mass is 353 g/mol. The van der Waals surface area contributed by atoms with Crippen LogP contribution in [0.25, 0.3) is 22.0 Å². The first-order chi connectivity index (χ1) is 12.0. The maximum Gasteiger partial charge on any atom is 0.274 e. The van der Waals surface area contributed by atoms with Crippen molar-refractivity contribution in [1.82, 2.24) is 14.7 Å². The van der Waals surface area contributed by atoms with Gasteiger partial charge in [0.05, 0.1) is 22.5 Å². The molecule has 6 heteroatoms. The zero-order valence-corrected chi connectivity index (χ0v) is 14.7. The van der Waals surface area contributed by atoms with Crippen LogP contribution in [0.1, 0.15) is 15.9 Å². The third-order valence-electron chi connectivity index (χ3n) is 4.49. The summed E-state index contributed by atoms with van der Waals surface area (Å²) >= 11 is 6.30. The lowest BCUT2D eigenvalue weighted by Crippen LogP contribution is -2.30. The molecule has 3 aromatic rings. The van der Waals surface area contributed by atoms with Crippen molar-refractivity contribution in [2.24, 2.45) is 0 Å². The Hall–Kier alpha value is -2.50. The van der Waals surface area contributed by atoms with Gasteiger partial charge in [-0.1, -0.05) is 35.9 Å². The molecule has 1 aliphatic rings. The molecule has 0 bridgehead atoms. The van der Waals surface area contributed by atoms with Crippen molar-refractivity contribution in [2.45, 2.75) is 6.54 Å². The van der Waals surface area contributed by atoms with E-state index in [1.165, 1.54) is 4.68 Å². The molecule has 0 saturated heterocycles.